The van der Waals surface area contributed by atoms with Gasteiger partial charge in [0.1, 0.15) is 48.9 Å². The number of anilines is 2. The molecule has 5 heterocycles. The lowest BCUT2D eigenvalue weighted by atomic mass is 10.1. The van der Waals surface area contributed by atoms with E-state index in [1.165, 1.54) is 22.7 Å². The molecule has 0 spiro atoms. The number of methoxy groups -OCH3 is 1. The normalized spacial score (nSPS) is 12.5. The smallest absolute Gasteiger partial charge is 0.163 e. The Morgan fingerprint density at radius 3 is 1.96 bits per heavy atom. The highest BCUT2D eigenvalue weighted by molar-refractivity contribution is 7.19. The number of benzene rings is 2. The van der Waals surface area contributed by atoms with Gasteiger partial charge in [0, 0.05) is 36.3 Å². The van der Waals surface area contributed by atoms with Crippen LogP contribution in [0.25, 0.3) is 43.2 Å². The van der Waals surface area contributed by atoms with Gasteiger partial charge in [0.15, 0.2) is 11.6 Å². The Morgan fingerprint density at radius 1 is 0.860 bits per heavy atom. The molecule has 10 nitrogen and oxygen atoms in total. The van der Waals surface area contributed by atoms with E-state index in [0.717, 1.165) is 73.2 Å². The first-order valence-electron chi connectivity index (χ1n) is 15.6. The summed E-state index contributed by atoms with van der Waals surface area (Å²) in [4.78, 5) is 26.0. The van der Waals surface area contributed by atoms with E-state index in [9.17, 15) is 10.5 Å². The van der Waals surface area contributed by atoms with Crippen molar-refractivity contribution in [2.24, 2.45) is 0 Å². The highest BCUT2D eigenvalue weighted by atomic mass is 35.5. The molecule has 2 aromatic carbocycles. The third kappa shape index (κ3) is 6.91. The van der Waals surface area contributed by atoms with E-state index in [4.69, 9.17) is 42.4 Å². The van der Waals surface area contributed by atoms with E-state index < -0.39 is 0 Å². The molecule has 50 heavy (non-hydrogen) atoms. The molecule has 0 bridgehead atoms. The molecule has 6 aromatic rings. The second-order valence-corrected chi connectivity index (χ2v) is 13.8. The van der Waals surface area contributed by atoms with E-state index in [0.29, 0.717) is 46.2 Å². The van der Waals surface area contributed by atoms with E-state index in [1.807, 2.05) is 74.3 Å². The van der Waals surface area contributed by atoms with Crippen molar-refractivity contribution in [2.45, 2.75) is 13.8 Å². The number of halogens is 1. The predicted octanol–water partition coefficient (Wildman–Crippen LogP) is 7.64. The van der Waals surface area contributed by atoms with Crippen LogP contribution in [0.4, 0.5) is 11.6 Å². The van der Waals surface area contributed by atoms with Gasteiger partial charge in [-0.1, -0.05) is 17.5 Å². The molecule has 0 unspecified atom stereocenters. The minimum absolute atomic E-state index is 0.422. The summed E-state index contributed by atoms with van der Waals surface area (Å²) in [7, 11) is 3.52. The average Bonchev–Trinajstić information content (AvgIpc) is 3.66. The SMILES string of the molecule is C#CCN(C)c1nc(-c2ccc(OC)cc2)nc2sc(C#N)c(C)c12.Cc1c(C#N)sc2nc(-c3ccc(Cl)cc3)nc(N3CCOCC3)c12. The fourth-order valence-corrected chi connectivity index (χ4v) is 7.61. The Hall–Kier alpha value is -5.29. The lowest BCUT2D eigenvalue weighted by molar-refractivity contribution is 0.122. The minimum atomic E-state index is 0.422. The maximum absolute atomic E-state index is 9.40. The second-order valence-electron chi connectivity index (χ2n) is 11.3. The zero-order valence-corrected chi connectivity index (χ0v) is 30.2. The first-order valence-corrected chi connectivity index (χ1v) is 17.6. The van der Waals surface area contributed by atoms with Crippen LogP contribution in [0.5, 0.6) is 5.75 Å². The van der Waals surface area contributed by atoms with Gasteiger partial charge in [0.05, 0.1) is 37.6 Å². The van der Waals surface area contributed by atoms with Gasteiger partial charge in [-0.15, -0.1) is 29.1 Å². The van der Waals surface area contributed by atoms with E-state index >= 15 is 0 Å². The first-order chi connectivity index (χ1) is 24.3. The van der Waals surface area contributed by atoms with Gasteiger partial charge >= 0.3 is 0 Å². The first kappa shape index (κ1) is 34.6. The number of thiophene rings is 2. The molecule has 7 rings (SSSR count). The summed E-state index contributed by atoms with van der Waals surface area (Å²) in [5.74, 6) is 6.27. The van der Waals surface area contributed by atoms with Gasteiger partial charge in [-0.2, -0.15) is 10.5 Å². The van der Waals surface area contributed by atoms with Gasteiger partial charge in [-0.05, 0) is 73.5 Å². The highest BCUT2D eigenvalue weighted by Crippen LogP contribution is 2.38. The Bertz CT molecular complexity index is 2310. The van der Waals surface area contributed by atoms with Gasteiger partial charge in [-0.3, -0.25) is 0 Å². The summed E-state index contributed by atoms with van der Waals surface area (Å²) in [5, 5.41) is 21.3. The largest absolute Gasteiger partial charge is 0.497 e. The molecular formula is C37H31ClN8O2S2. The summed E-state index contributed by atoms with van der Waals surface area (Å²) in [6.07, 6.45) is 5.46. The van der Waals surface area contributed by atoms with Crippen molar-refractivity contribution >= 4 is 66.3 Å². The molecule has 13 heteroatoms. The van der Waals surface area contributed by atoms with Crippen molar-refractivity contribution in [3.63, 3.8) is 0 Å². The molecule has 0 radical (unpaired) electrons. The fraction of sp³-hybridized carbons (Fsp3) is 0.243. The zero-order chi connectivity index (χ0) is 35.4. The third-order valence-electron chi connectivity index (χ3n) is 8.20. The van der Waals surface area contributed by atoms with Crippen molar-refractivity contribution in [1.82, 2.24) is 19.9 Å². The van der Waals surface area contributed by atoms with Gasteiger partial charge in [-0.25, -0.2) is 19.9 Å². The number of morpholine rings is 1. The number of hydrogen-bond acceptors (Lipinski definition) is 12. The number of aryl methyl sites for hydroxylation is 2. The quantitative estimate of drug-likeness (QED) is 0.159. The second kappa shape index (κ2) is 15.1. The molecule has 250 valence electrons. The summed E-state index contributed by atoms with van der Waals surface area (Å²) in [6.45, 7) is 7.22. The molecule has 0 saturated carbocycles. The lowest BCUT2D eigenvalue weighted by Gasteiger charge is -2.28. The number of ether oxygens (including phenoxy) is 2. The Morgan fingerprint density at radius 2 is 1.40 bits per heavy atom. The van der Waals surface area contributed by atoms with E-state index in [-0.39, 0.29) is 0 Å². The molecule has 1 saturated heterocycles. The van der Waals surface area contributed by atoms with Crippen molar-refractivity contribution in [1.29, 1.82) is 10.5 Å². The number of nitrogens with zero attached hydrogens (tertiary/aromatic N) is 8. The van der Waals surface area contributed by atoms with Crippen molar-refractivity contribution in [3.05, 3.63) is 74.4 Å². The van der Waals surface area contributed by atoms with Crippen molar-refractivity contribution in [2.75, 3.05) is 56.8 Å². The number of rotatable bonds is 6. The molecule has 1 aliphatic rings. The number of fused-ring (bicyclic) bond motifs is 2. The Kier molecular flexibility index (Phi) is 10.4. The van der Waals surface area contributed by atoms with E-state index in [2.05, 4.69) is 27.9 Å². The van der Waals surface area contributed by atoms with Crippen LogP contribution >= 0.6 is 34.3 Å². The van der Waals surface area contributed by atoms with Crippen molar-refractivity contribution < 1.29 is 9.47 Å². The number of aromatic nitrogens is 4. The highest BCUT2D eigenvalue weighted by Gasteiger charge is 2.23. The molecule has 0 amide bonds. The standard InChI is InChI=1S/C19H16N4OS.C18H15ClN4OS/c1-5-10-23(3)18-16-12(2)15(11-20)25-19(16)22-17(21-18)13-6-8-14(24-4)9-7-13;1-11-14(10-20)25-18-15(11)17(23-6-8-24-9-7-23)21-16(22-18)12-2-4-13(19)5-3-12/h1,6-9H,10H2,2-4H3;2-5H,6-9H2,1H3. The molecule has 0 N–H and O–H groups in total. The van der Waals surface area contributed by atoms with Crippen LogP contribution in [0, 0.1) is 48.9 Å². The van der Waals surface area contributed by atoms with Gasteiger partial charge in [0.2, 0.25) is 0 Å². The van der Waals surface area contributed by atoms with Crippen LogP contribution < -0.4 is 14.5 Å². The zero-order valence-electron chi connectivity index (χ0n) is 27.8. The lowest BCUT2D eigenvalue weighted by Crippen LogP contribution is -2.37. The number of terminal acetylenes is 1. The van der Waals surface area contributed by atoms with Crippen LogP contribution in [0.1, 0.15) is 20.9 Å². The summed E-state index contributed by atoms with van der Waals surface area (Å²) < 4.78 is 10.7. The van der Waals surface area contributed by atoms with Gasteiger partial charge in [0.25, 0.3) is 0 Å². The molecule has 0 aliphatic carbocycles. The van der Waals surface area contributed by atoms with Gasteiger partial charge < -0.3 is 19.3 Å². The van der Waals surface area contributed by atoms with Crippen LogP contribution in [0.15, 0.2) is 48.5 Å². The maximum atomic E-state index is 9.40. The van der Waals surface area contributed by atoms with E-state index in [1.54, 1.807) is 7.11 Å². The topological polar surface area (TPSA) is 124 Å². The third-order valence-corrected chi connectivity index (χ3v) is 10.6. The number of hydrogen-bond donors (Lipinski definition) is 0. The molecule has 1 aliphatic heterocycles. The van der Waals surface area contributed by atoms with Crippen LogP contribution in [0.2, 0.25) is 5.02 Å². The van der Waals surface area contributed by atoms with Crippen LogP contribution in [-0.4, -0.2) is 66.9 Å². The molecular weight excluding hydrogens is 688 g/mol. The predicted molar refractivity (Wildman–Crippen MR) is 201 cm³/mol. The van der Waals surface area contributed by atoms with Crippen LogP contribution in [-0.2, 0) is 4.74 Å². The number of nitriles is 2. The Balaban J connectivity index is 0.000000173. The fourth-order valence-electron chi connectivity index (χ4n) is 5.54. The summed E-state index contributed by atoms with van der Waals surface area (Å²) in [5.41, 5.74) is 3.63. The summed E-state index contributed by atoms with van der Waals surface area (Å²) in [6, 6.07) is 19.6. The monoisotopic (exact) mass is 718 g/mol. The molecule has 1 fully saturated rings. The molecule has 4 aromatic heterocycles. The van der Waals surface area contributed by atoms with Crippen molar-refractivity contribution in [3.8, 4) is 53.0 Å². The Labute approximate surface area is 303 Å². The minimum Gasteiger partial charge on any atom is -0.497 e. The molecule has 0 atom stereocenters. The maximum Gasteiger partial charge on any atom is 0.163 e. The van der Waals surface area contributed by atoms with Crippen LogP contribution in [0.3, 0.4) is 0 Å². The average molecular weight is 719 g/mol. The summed E-state index contributed by atoms with van der Waals surface area (Å²) >= 11 is 8.79.